The lowest BCUT2D eigenvalue weighted by Crippen LogP contribution is -2.21. The topological polar surface area (TPSA) is 68.4 Å². The molecule has 96 valence electrons. The van der Waals surface area contributed by atoms with E-state index < -0.39 is 5.60 Å². The van der Waals surface area contributed by atoms with Gasteiger partial charge in [-0.2, -0.15) is 4.98 Å². The summed E-state index contributed by atoms with van der Waals surface area (Å²) in [6, 6.07) is 6.90. The standard InChI is InChI=1S/C13H16N2O3/c1-13(2,17-3)12-14-11(18-15-12)8-9-4-6-10(16)7-5-9/h4-7,16H,8H2,1-3H3. The fourth-order valence-electron chi connectivity index (χ4n) is 1.45. The lowest BCUT2D eigenvalue weighted by atomic mass is 10.1. The Morgan fingerprint density at radius 3 is 2.56 bits per heavy atom. The van der Waals surface area contributed by atoms with Crippen molar-refractivity contribution in [3.8, 4) is 5.75 Å². The number of nitrogens with zero attached hydrogens (tertiary/aromatic N) is 2. The Hall–Kier alpha value is -1.88. The minimum atomic E-state index is -0.559. The zero-order chi connectivity index (χ0) is 13.2. The predicted octanol–water partition coefficient (Wildman–Crippen LogP) is 2.25. The van der Waals surface area contributed by atoms with E-state index in [0.29, 0.717) is 18.1 Å². The van der Waals surface area contributed by atoms with Crippen LogP contribution in [0, 0.1) is 0 Å². The van der Waals surface area contributed by atoms with Crippen molar-refractivity contribution in [1.82, 2.24) is 10.1 Å². The maximum atomic E-state index is 9.20. The Morgan fingerprint density at radius 2 is 1.94 bits per heavy atom. The van der Waals surface area contributed by atoms with Gasteiger partial charge in [-0.3, -0.25) is 0 Å². The molecule has 1 aromatic carbocycles. The fourth-order valence-corrected chi connectivity index (χ4v) is 1.45. The molecule has 2 rings (SSSR count). The third-order valence-corrected chi connectivity index (χ3v) is 2.81. The van der Waals surface area contributed by atoms with E-state index in [1.165, 1.54) is 0 Å². The summed E-state index contributed by atoms with van der Waals surface area (Å²) in [7, 11) is 1.61. The third kappa shape index (κ3) is 2.68. The molecule has 0 aliphatic rings. The van der Waals surface area contributed by atoms with Crippen molar-refractivity contribution in [3.63, 3.8) is 0 Å². The normalized spacial score (nSPS) is 11.7. The van der Waals surface area contributed by atoms with E-state index >= 15 is 0 Å². The number of benzene rings is 1. The number of aromatic hydroxyl groups is 1. The summed E-state index contributed by atoms with van der Waals surface area (Å²) in [5, 5.41) is 13.1. The van der Waals surface area contributed by atoms with Crippen LogP contribution in [0.3, 0.4) is 0 Å². The van der Waals surface area contributed by atoms with E-state index in [1.54, 1.807) is 19.2 Å². The number of phenols is 1. The van der Waals surface area contributed by atoms with Gasteiger partial charge in [0, 0.05) is 7.11 Å². The molecule has 0 amide bonds. The van der Waals surface area contributed by atoms with E-state index in [2.05, 4.69) is 10.1 Å². The molecule has 1 heterocycles. The number of hydrogen-bond donors (Lipinski definition) is 1. The van der Waals surface area contributed by atoms with Crippen LogP contribution in [-0.2, 0) is 16.8 Å². The van der Waals surface area contributed by atoms with Gasteiger partial charge in [0.25, 0.3) is 0 Å². The van der Waals surface area contributed by atoms with Crippen LogP contribution in [0.2, 0.25) is 0 Å². The SMILES string of the molecule is COC(C)(C)c1noc(Cc2ccc(O)cc2)n1. The lowest BCUT2D eigenvalue weighted by molar-refractivity contribution is 0.00973. The molecule has 5 heteroatoms. The van der Waals surface area contributed by atoms with Crippen molar-refractivity contribution in [2.45, 2.75) is 25.9 Å². The van der Waals surface area contributed by atoms with Gasteiger partial charge in [0.1, 0.15) is 11.4 Å². The van der Waals surface area contributed by atoms with Crippen LogP contribution in [0.4, 0.5) is 0 Å². The highest BCUT2D eigenvalue weighted by Crippen LogP contribution is 2.21. The number of ether oxygens (including phenoxy) is 1. The predicted molar refractivity (Wildman–Crippen MR) is 65.2 cm³/mol. The molecule has 0 unspecified atom stereocenters. The smallest absolute Gasteiger partial charge is 0.231 e. The molecule has 0 aliphatic carbocycles. The molecule has 1 aromatic heterocycles. The maximum Gasteiger partial charge on any atom is 0.231 e. The zero-order valence-electron chi connectivity index (χ0n) is 10.7. The second-order valence-corrected chi connectivity index (χ2v) is 4.57. The largest absolute Gasteiger partial charge is 0.508 e. The van der Waals surface area contributed by atoms with Crippen molar-refractivity contribution in [2.75, 3.05) is 7.11 Å². The van der Waals surface area contributed by atoms with Crippen LogP contribution in [0.15, 0.2) is 28.8 Å². The minimum absolute atomic E-state index is 0.241. The van der Waals surface area contributed by atoms with E-state index in [1.807, 2.05) is 26.0 Å². The number of rotatable bonds is 4. The second-order valence-electron chi connectivity index (χ2n) is 4.57. The van der Waals surface area contributed by atoms with E-state index in [-0.39, 0.29) is 5.75 Å². The molecular weight excluding hydrogens is 232 g/mol. The highest BCUT2D eigenvalue weighted by molar-refractivity contribution is 5.27. The summed E-state index contributed by atoms with van der Waals surface area (Å²) in [6.07, 6.45) is 0.535. The maximum absolute atomic E-state index is 9.20. The molecule has 1 N–H and O–H groups in total. The van der Waals surface area contributed by atoms with Gasteiger partial charge in [-0.25, -0.2) is 0 Å². The summed E-state index contributed by atoms with van der Waals surface area (Å²) >= 11 is 0. The van der Waals surface area contributed by atoms with Crippen molar-refractivity contribution in [3.05, 3.63) is 41.5 Å². The van der Waals surface area contributed by atoms with Gasteiger partial charge in [-0.05, 0) is 31.5 Å². The third-order valence-electron chi connectivity index (χ3n) is 2.81. The molecular formula is C13H16N2O3. The number of phenolic OH excluding ortho intramolecular Hbond substituents is 1. The molecule has 0 atom stereocenters. The molecule has 0 saturated heterocycles. The fraction of sp³-hybridized carbons (Fsp3) is 0.385. The van der Waals surface area contributed by atoms with Crippen LogP contribution in [0.1, 0.15) is 31.1 Å². The molecule has 5 nitrogen and oxygen atoms in total. The Morgan fingerprint density at radius 1 is 1.28 bits per heavy atom. The molecule has 2 aromatic rings. The first-order valence-corrected chi connectivity index (χ1v) is 5.67. The Balaban J connectivity index is 2.14. The van der Waals surface area contributed by atoms with Crippen LogP contribution in [-0.4, -0.2) is 22.4 Å². The Kier molecular flexibility index (Phi) is 3.34. The van der Waals surface area contributed by atoms with Crippen LogP contribution in [0.5, 0.6) is 5.75 Å². The van der Waals surface area contributed by atoms with Crippen molar-refractivity contribution < 1.29 is 14.4 Å². The first kappa shape index (κ1) is 12.6. The molecule has 0 bridgehead atoms. The van der Waals surface area contributed by atoms with Crippen LogP contribution in [0.25, 0.3) is 0 Å². The summed E-state index contributed by atoms with van der Waals surface area (Å²) < 4.78 is 10.5. The Bertz CT molecular complexity index is 517. The zero-order valence-corrected chi connectivity index (χ0v) is 10.7. The molecule has 0 spiro atoms. The van der Waals surface area contributed by atoms with Crippen LogP contribution >= 0.6 is 0 Å². The summed E-state index contributed by atoms with van der Waals surface area (Å²) in [5.41, 5.74) is 0.440. The average molecular weight is 248 g/mol. The number of aromatic nitrogens is 2. The first-order valence-electron chi connectivity index (χ1n) is 5.67. The van der Waals surface area contributed by atoms with Crippen LogP contribution < -0.4 is 0 Å². The monoisotopic (exact) mass is 248 g/mol. The second kappa shape index (κ2) is 4.78. The molecule has 0 radical (unpaired) electrons. The number of methoxy groups -OCH3 is 1. The van der Waals surface area contributed by atoms with Crippen molar-refractivity contribution in [1.29, 1.82) is 0 Å². The molecule has 0 fully saturated rings. The van der Waals surface area contributed by atoms with E-state index in [9.17, 15) is 5.11 Å². The summed E-state index contributed by atoms with van der Waals surface area (Å²) in [6.45, 7) is 3.75. The van der Waals surface area contributed by atoms with Gasteiger partial charge in [-0.15, -0.1) is 0 Å². The van der Waals surface area contributed by atoms with E-state index in [4.69, 9.17) is 9.26 Å². The first-order chi connectivity index (χ1) is 8.51. The minimum Gasteiger partial charge on any atom is -0.508 e. The number of hydrogen-bond acceptors (Lipinski definition) is 5. The van der Waals surface area contributed by atoms with Gasteiger partial charge in [0.05, 0.1) is 6.42 Å². The average Bonchev–Trinajstić information content (AvgIpc) is 2.81. The van der Waals surface area contributed by atoms with Gasteiger partial charge < -0.3 is 14.4 Å². The van der Waals surface area contributed by atoms with Gasteiger partial charge >= 0.3 is 0 Å². The Labute approximate surface area is 105 Å². The van der Waals surface area contributed by atoms with Gasteiger partial charge in [0.15, 0.2) is 0 Å². The van der Waals surface area contributed by atoms with Crippen molar-refractivity contribution >= 4 is 0 Å². The highest BCUT2D eigenvalue weighted by Gasteiger charge is 2.26. The molecule has 0 saturated carbocycles. The van der Waals surface area contributed by atoms with Gasteiger partial charge in [-0.1, -0.05) is 17.3 Å². The van der Waals surface area contributed by atoms with Crippen molar-refractivity contribution in [2.24, 2.45) is 0 Å². The molecule has 0 aliphatic heterocycles. The van der Waals surface area contributed by atoms with Gasteiger partial charge in [0.2, 0.25) is 11.7 Å². The van der Waals surface area contributed by atoms with E-state index in [0.717, 1.165) is 5.56 Å². The summed E-state index contributed by atoms with van der Waals surface area (Å²) in [5.74, 6) is 1.30. The molecule has 18 heavy (non-hydrogen) atoms. The quantitative estimate of drug-likeness (QED) is 0.898. The summed E-state index contributed by atoms with van der Waals surface area (Å²) in [4.78, 5) is 4.31. The highest BCUT2D eigenvalue weighted by atomic mass is 16.5. The lowest BCUT2D eigenvalue weighted by Gasteiger charge is -2.17.